The SMILES string of the molecule is Cc1cc(C(C)C)c(NC(=O)NS(=O)(=O)Cc2ccc3c(c2)nnn3C)c(C(C)C)c1. The number of hydrogen-bond acceptors (Lipinski definition) is 5. The molecule has 0 atom stereocenters. The summed E-state index contributed by atoms with van der Waals surface area (Å²) in [6.07, 6.45) is 0. The molecule has 0 radical (unpaired) electrons. The number of aromatic nitrogens is 3. The molecule has 0 aliphatic rings. The third kappa shape index (κ3) is 5.22. The van der Waals surface area contributed by atoms with Crippen LogP contribution in [0.1, 0.15) is 61.8 Å². The first kappa shape index (κ1) is 22.7. The minimum atomic E-state index is -3.91. The van der Waals surface area contributed by atoms with Gasteiger partial charge in [-0.05, 0) is 47.6 Å². The molecule has 0 spiro atoms. The Morgan fingerprint density at radius 2 is 1.68 bits per heavy atom. The lowest BCUT2D eigenvalue weighted by molar-refractivity contribution is 0.256. The molecule has 3 rings (SSSR count). The number of urea groups is 1. The zero-order valence-corrected chi connectivity index (χ0v) is 19.5. The van der Waals surface area contributed by atoms with E-state index in [2.05, 4.69) is 20.4 Å². The number of nitrogens with zero attached hydrogens (tertiary/aromatic N) is 3. The normalized spacial score (nSPS) is 12.0. The van der Waals surface area contributed by atoms with E-state index >= 15 is 0 Å². The topological polar surface area (TPSA) is 106 Å². The van der Waals surface area contributed by atoms with Gasteiger partial charge in [0.05, 0.1) is 11.3 Å². The standard InChI is InChI=1S/C22H29N5O3S/c1-13(2)17-9-15(5)10-18(14(3)4)21(17)23-22(28)25-31(29,30)12-16-7-8-20-19(11-16)24-26-27(20)6/h7-11,13-14H,12H2,1-6H3,(H2,23,25,28). The number of amides is 2. The second-order valence-corrected chi connectivity index (χ2v) is 10.2. The molecule has 0 aliphatic carbocycles. The van der Waals surface area contributed by atoms with Gasteiger partial charge in [-0.25, -0.2) is 22.6 Å². The van der Waals surface area contributed by atoms with E-state index < -0.39 is 16.1 Å². The van der Waals surface area contributed by atoms with Crippen LogP contribution in [0.25, 0.3) is 11.0 Å². The molecule has 1 aromatic heterocycles. The number of carbonyl (C=O) groups excluding carboxylic acids is 1. The van der Waals surface area contributed by atoms with Crippen molar-refractivity contribution >= 4 is 32.8 Å². The molecule has 1 heterocycles. The van der Waals surface area contributed by atoms with E-state index in [-0.39, 0.29) is 17.6 Å². The zero-order chi connectivity index (χ0) is 22.9. The average Bonchev–Trinajstić information content (AvgIpc) is 3.01. The van der Waals surface area contributed by atoms with Crippen molar-refractivity contribution < 1.29 is 13.2 Å². The van der Waals surface area contributed by atoms with Crippen molar-refractivity contribution in [3.8, 4) is 0 Å². The molecular formula is C22H29N5O3S. The Morgan fingerprint density at radius 3 is 2.26 bits per heavy atom. The highest BCUT2D eigenvalue weighted by Crippen LogP contribution is 2.33. The Hall–Kier alpha value is -2.94. The molecule has 0 unspecified atom stereocenters. The number of carbonyl (C=O) groups is 1. The van der Waals surface area contributed by atoms with Crippen LogP contribution >= 0.6 is 0 Å². The van der Waals surface area contributed by atoms with Crippen LogP contribution in [0.2, 0.25) is 0 Å². The van der Waals surface area contributed by atoms with Gasteiger partial charge in [0.2, 0.25) is 10.0 Å². The van der Waals surface area contributed by atoms with Gasteiger partial charge in [-0.1, -0.05) is 56.7 Å². The van der Waals surface area contributed by atoms with Crippen molar-refractivity contribution in [1.82, 2.24) is 19.7 Å². The summed E-state index contributed by atoms with van der Waals surface area (Å²) in [4.78, 5) is 12.6. The molecule has 0 saturated heterocycles. The molecule has 166 valence electrons. The quantitative estimate of drug-likeness (QED) is 0.595. The molecule has 3 aromatic rings. The summed E-state index contributed by atoms with van der Waals surface area (Å²) in [6, 6.07) is 8.39. The molecule has 0 saturated carbocycles. The largest absolute Gasteiger partial charge is 0.332 e. The molecule has 0 aliphatic heterocycles. The fourth-order valence-corrected chi connectivity index (χ4v) is 4.63. The summed E-state index contributed by atoms with van der Waals surface area (Å²) in [7, 11) is -2.14. The number of fused-ring (bicyclic) bond motifs is 1. The lowest BCUT2D eigenvalue weighted by Crippen LogP contribution is -2.35. The van der Waals surface area contributed by atoms with Gasteiger partial charge >= 0.3 is 6.03 Å². The fraction of sp³-hybridized carbons (Fsp3) is 0.409. The van der Waals surface area contributed by atoms with Gasteiger partial charge < -0.3 is 5.32 Å². The van der Waals surface area contributed by atoms with Crippen LogP contribution < -0.4 is 10.0 Å². The maximum Gasteiger partial charge on any atom is 0.332 e. The average molecular weight is 444 g/mol. The van der Waals surface area contributed by atoms with Crippen molar-refractivity contribution in [3.63, 3.8) is 0 Å². The van der Waals surface area contributed by atoms with E-state index in [1.54, 1.807) is 29.9 Å². The third-order valence-corrected chi connectivity index (χ3v) is 6.32. The fourth-order valence-electron chi connectivity index (χ4n) is 3.61. The molecule has 0 bridgehead atoms. The lowest BCUT2D eigenvalue weighted by atomic mass is 9.90. The number of rotatable bonds is 6. The van der Waals surface area contributed by atoms with Crippen LogP contribution in [0.5, 0.6) is 0 Å². The van der Waals surface area contributed by atoms with Gasteiger partial charge in [0.25, 0.3) is 0 Å². The monoisotopic (exact) mass is 443 g/mol. The third-order valence-electron chi connectivity index (χ3n) is 5.11. The van der Waals surface area contributed by atoms with Crippen molar-refractivity contribution in [2.75, 3.05) is 5.32 Å². The molecule has 2 amide bonds. The molecule has 31 heavy (non-hydrogen) atoms. The Balaban J connectivity index is 1.80. The van der Waals surface area contributed by atoms with Crippen molar-refractivity contribution in [1.29, 1.82) is 0 Å². The highest BCUT2D eigenvalue weighted by Gasteiger charge is 2.21. The number of sulfonamides is 1. The van der Waals surface area contributed by atoms with E-state index in [0.29, 0.717) is 16.8 Å². The van der Waals surface area contributed by atoms with Crippen LogP contribution in [0.15, 0.2) is 30.3 Å². The summed E-state index contributed by atoms with van der Waals surface area (Å²) in [5.74, 6) is 0.000534. The minimum Gasteiger partial charge on any atom is -0.307 e. The van der Waals surface area contributed by atoms with Crippen LogP contribution in [-0.2, 0) is 22.8 Å². The second kappa shape index (κ2) is 8.66. The number of nitrogens with one attached hydrogen (secondary N) is 2. The van der Waals surface area contributed by atoms with Crippen LogP contribution in [0.4, 0.5) is 10.5 Å². The number of anilines is 1. The van der Waals surface area contributed by atoms with Gasteiger partial charge in [-0.2, -0.15) is 0 Å². The summed E-state index contributed by atoms with van der Waals surface area (Å²) in [5, 5.41) is 10.7. The van der Waals surface area contributed by atoms with E-state index in [9.17, 15) is 13.2 Å². The molecule has 0 fully saturated rings. The summed E-state index contributed by atoms with van der Waals surface area (Å²) in [6.45, 7) is 10.2. The van der Waals surface area contributed by atoms with E-state index in [0.717, 1.165) is 22.2 Å². The van der Waals surface area contributed by atoms with Crippen molar-refractivity contribution in [2.45, 2.75) is 52.2 Å². The van der Waals surface area contributed by atoms with E-state index in [1.807, 2.05) is 46.8 Å². The Labute approximate surface area is 183 Å². The number of hydrogen-bond donors (Lipinski definition) is 2. The predicted molar refractivity (Wildman–Crippen MR) is 123 cm³/mol. The maximum absolute atomic E-state index is 12.6. The highest BCUT2D eigenvalue weighted by molar-refractivity contribution is 7.89. The molecule has 2 N–H and O–H groups in total. The van der Waals surface area contributed by atoms with Gasteiger partial charge in [0.1, 0.15) is 5.52 Å². The molecule has 8 nitrogen and oxygen atoms in total. The van der Waals surface area contributed by atoms with Crippen LogP contribution in [0, 0.1) is 6.92 Å². The number of aryl methyl sites for hydroxylation is 2. The zero-order valence-electron chi connectivity index (χ0n) is 18.7. The van der Waals surface area contributed by atoms with E-state index in [1.165, 1.54) is 0 Å². The van der Waals surface area contributed by atoms with Gasteiger partial charge in [0, 0.05) is 12.7 Å². The van der Waals surface area contributed by atoms with Crippen LogP contribution in [0.3, 0.4) is 0 Å². The van der Waals surface area contributed by atoms with Gasteiger partial charge in [0.15, 0.2) is 0 Å². The second-order valence-electron chi connectivity index (χ2n) is 8.48. The predicted octanol–water partition coefficient (Wildman–Crippen LogP) is 4.18. The summed E-state index contributed by atoms with van der Waals surface area (Å²) < 4.78 is 29.0. The number of benzene rings is 2. The smallest absolute Gasteiger partial charge is 0.307 e. The van der Waals surface area contributed by atoms with Crippen molar-refractivity contribution in [2.24, 2.45) is 7.05 Å². The minimum absolute atomic E-state index is 0.169. The van der Waals surface area contributed by atoms with Crippen LogP contribution in [-0.4, -0.2) is 29.4 Å². The van der Waals surface area contributed by atoms with Gasteiger partial charge in [-0.15, -0.1) is 5.10 Å². The highest BCUT2D eigenvalue weighted by atomic mass is 32.2. The Kier molecular flexibility index (Phi) is 6.35. The first-order chi connectivity index (χ1) is 14.5. The lowest BCUT2D eigenvalue weighted by Gasteiger charge is -2.21. The summed E-state index contributed by atoms with van der Waals surface area (Å²) >= 11 is 0. The Morgan fingerprint density at radius 1 is 1.06 bits per heavy atom. The Bertz CT molecular complexity index is 1200. The van der Waals surface area contributed by atoms with Gasteiger partial charge in [-0.3, -0.25) is 0 Å². The maximum atomic E-state index is 12.6. The van der Waals surface area contributed by atoms with Crippen molar-refractivity contribution in [3.05, 3.63) is 52.6 Å². The first-order valence-corrected chi connectivity index (χ1v) is 11.9. The van der Waals surface area contributed by atoms with E-state index in [4.69, 9.17) is 0 Å². The summed E-state index contributed by atoms with van der Waals surface area (Å²) in [5.41, 5.74) is 5.65. The molecule has 9 heteroatoms. The first-order valence-electron chi connectivity index (χ1n) is 10.2. The molecule has 2 aromatic carbocycles. The molecular weight excluding hydrogens is 414 g/mol.